The topological polar surface area (TPSA) is 216 Å². The van der Waals surface area contributed by atoms with Crippen LogP contribution in [0.3, 0.4) is 0 Å². The zero-order chi connectivity index (χ0) is 50.4. The van der Waals surface area contributed by atoms with Crippen LogP contribution in [0.25, 0.3) is 0 Å². The van der Waals surface area contributed by atoms with E-state index in [-0.39, 0.29) is 12.8 Å². The van der Waals surface area contributed by atoms with Crippen molar-refractivity contribution >= 4 is 27.6 Å². The van der Waals surface area contributed by atoms with Crippen LogP contribution in [-0.4, -0.2) is 81.6 Å². The van der Waals surface area contributed by atoms with E-state index in [0.717, 1.165) is 57.3 Å². The fourth-order valence-corrected chi connectivity index (χ4v) is 7.92. The number of phosphoric ester groups is 2. The first kappa shape index (κ1) is 65.5. The van der Waals surface area contributed by atoms with Crippen LogP contribution < -0.4 is 0 Å². The average Bonchev–Trinajstić information content (AvgIpc) is 3.28. The lowest BCUT2D eigenvalue weighted by atomic mass is 10.0. The molecule has 0 aromatic heterocycles. The zero-order valence-electron chi connectivity index (χ0n) is 42.0. The Morgan fingerprint density at radius 2 is 1.01 bits per heavy atom. The van der Waals surface area contributed by atoms with Gasteiger partial charge >= 0.3 is 27.6 Å². The first-order chi connectivity index (χ1) is 32.6. The summed E-state index contributed by atoms with van der Waals surface area (Å²) in [5.74, 6) is -0.385. The van der Waals surface area contributed by atoms with E-state index in [1.807, 2.05) is 12.2 Å². The Morgan fingerprint density at radius 3 is 1.54 bits per heavy atom. The predicted octanol–water partition coefficient (Wildman–Crippen LogP) is 13.0. The molecule has 16 heteroatoms. The van der Waals surface area contributed by atoms with Gasteiger partial charge in [0.1, 0.15) is 12.7 Å². The lowest BCUT2D eigenvalue weighted by Crippen LogP contribution is -2.29. The van der Waals surface area contributed by atoms with Crippen molar-refractivity contribution in [3.05, 3.63) is 72.9 Å². The summed E-state index contributed by atoms with van der Waals surface area (Å²) in [5, 5.41) is 20.0. The van der Waals surface area contributed by atoms with Gasteiger partial charge in [0.05, 0.1) is 25.9 Å². The molecule has 2 unspecified atom stereocenters. The third-order valence-corrected chi connectivity index (χ3v) is 12.1. The van der Waals surface area contributed by atoms with Gasteiger partial charge in [0, 0.05) is 12.8 Å². The van der Waals surface area contributed by atoms with Crippen LogP contribution in [0.5, 0.6) is 0 Å². The maximum atomic E-state index is 12.7. The standard InChI is InChI=1S/C52H92O14P2/c1-4-5-6-7-8-9-10-17-21-24-27-30-34-39-48(53)40-35-32-37-41-51(55)62-45-50(46-65-68(60,61)64-44-49(54)43-63-67(57,58)59)66-52(56)42-36-31-28-25-22-19-16-14-12-11-13-15-18-20-23-26-29-33-38-47(2)3/h5-6,8-9,17,21,27,30,32,34-35,39,47-50,53-54H,4,7,10-16,18-20,22-26,28-29,31,33,36-38,40-46H2,1-3H3,(H,60,61)(H2,57,58,59)/b6-5-,9-8-,21-17-,30-27-,35-32-,39-34-/t48?,49-,50+/m0/s1. The number of carbonyl (C=O) groups excluding carboxylic acids is 2. The predicted molar refractivity (Wildman–Crippen MR) is 273 cm³/mol. The number of aliphatic hydroxyl groups is 2. The maximum absolute atomic E-state index is 12.7. The van der Waals surface area contributed by atoms with Crippen molar-refractivity contribution in [1.29, 1.82) is 0 Å². The zero-order valence-corrected chi connectivity index (χ0v) is 43.8. The first-order valence-electron chi connectivity index (χ1n) is 25.6. The van der Waals surface area contributed by atoms with E-state index in [4.69, 9.17) is 23.8 Å². The van der Waals surface area contributed by atoms with Gasteiger partial charge in [-0.25, -0.2) is 9.13 Å². The molecule has 5 N–H and O–H groups in total. The highest BCUT2D eigenvalue weighted by Crippen LogP contribution is 2.44. The summed E-state index contributed by atoms with van der Waals surface area (Å²) < 4.78 is 47.8. The second-order valence-corrected chi connectivity index (χ2v) is 20.4. The van der Waals surface area contributed by atoms with Gasteiger partial charge in [-0.15, -0.1) is 0 Å². The minimum absolute atomic E-state index is 0.0128. The SMILES string of the molecule is CC/C=C\C/C=C\C/C=C\C/C=C\C=C/C(O)C/C=C\CCC(=O)OC[C@H](COP(=O)(O)OC[C@@H](O)COP(=O)(O)O)OC(=O)CCCCCCCCCCCCCCCCCCCCC(C)C. The highest BCUT2D eigenvalue weighted by molar-refractivity contribution is 7.47. The Balaban J connectivity index is 4.58. The van der Waals surface area contributed by atoms with Crippen molar-refractivity contribution in [1.82, 2.24) is 0 Å². The molecule has 0 bridgehead atoms. The quantitative estimate of drug-likeness (QED) is 0.0126. The van der Waals surface area contributed by atoms with Crippen LogP contribution in [0.4, 0.5) is 0 Å². The molecular formula is C52H92O14P2. The largest absolute Gasteiger partial charge is 0.472 e. The van der Waals surface area contributed by atoms with Gasteiger partial charge in [-0.1, -0.05) is 209 Å². The van der Waals surface area contributed by atoms with Crippen LogP contribution in [0, 0.1) is 5.92 Å². The van der Waals surface area contributed by atoms with Crippen molar-refractivity contribution in [3.8, 4) is 0 Å². The molecule has 0 aliphatic carbocycles. The molecule has 0 aromatic carbocycles. The minimum Gasteiger partial charge on any atom is -0.462 e. The van der Waals surface area contributed by atoms with Crippen LogP contribution in [-0.2, 0) is 41.8 Å². The number of phosphoric acid groups is 2. The van der Waals surface area contributed by atoms with E-state index in [0.29, 0.717) is 19.3 Å². The summed E-state index contributed by atoms with van der Waals surface area (Å²) in [6.45, 7) is 3.82. The monoisotopic (exact) mass is 1000 g/mol. The highest BCUT2D eigenvalue weighted by Gasteiger charge is 2.28. The van der Waals surface area contributed by atoms with Crippen molar-refractivity contribution in [3.63, 3.8) is 0 Å². The molecule has 0 spiro atoms. The number of rotatable bonds is 47. The van der Waals surface area contributed by atoms with E-state index >= 15 is 0 Å². The van der Waals surface area contributed by atoms with E-state index in [1.54, 1.807) is 24.3 Å². The molecule has 4 atom stereocenters. The Hall–Kier alpha value is -2.48. The van der Waals surface area contributed by atoms with Crippen molar-refractivity contribution in [2.45, 2.75) is 212 Å². The molecule has 0 aliphatic rings. The van der Waals surface area contributed by atoms with Gasteiger partial charge in [0.2, 0.25) is 0 Å². The normalized spacial score (nSPS) is 15.0. The minimum atomic E-state index is -4.89. The smallest absolute Gasteiger partial charge is 0.462 e. The summed E-state index contributed by atoms with van der Waals surface area (Å²) in [4.78, 5) is 52.9. The van der Waals surface area contributed by atoms with Crippen LogP contribution in [0.1, 0.15) is 194 Å². The molecule has 14 nitrogen and oxygen atoms in total. The maximum Gasteiger partial charge on any atom is 0.472 e. The fourth-order valence-electron chi connectivity index (χ4n) is 6.76. The number of allylic oxidation sites excluding steroid dienone is 10. The lowest BCUT2D eigenvalue weighted by Gasteiger charge is -2.20. The second kappa shape index (κ2) is 45.6. The number of aliphatic hydroxyl groups excluding tert-OH is 2. The molecule has 0 fully saturated rings. The van der Waals surface area contributed by atoms with Crippen molar-refractivity contribution < 1.29 is 66.7 Å². The molecule has 0 saturated carbocycles. The summed E-state index contributed by atoms with van der Waals surface area (Å²) in [7, 11) is -9.74. The fraction of sp³-hybridized carbons (Fsp3) is 0.731. The number of unbranched alkanes of at least 4 members (excludes halogenated alkanes) is 17. The van der Waals surface area contributed by atoms with Crippen molar-refractivity contribution in [2.24, 2.45) is 5.92 Å². The Morgan fingerprint density at radius 1 is 0.529 bits per heavy atom. The average molecular weight is 1000 g/mol. The summed E-state index contributed by atoms with van der Waals surface area (Å²) in [5.41, 5.74) is 0. The second-order valence-electron chi connectivity index (χ2n) is 17.7. The molecule has 0 amide bonds. The van der Waals surface area contributed by atoms with Crippen LogP contribution in [0.2, 0.25) is 0 Å². The Kier molecular flexibility index (Phi) is 44.0. The molecule has 0 aromatic rings. The van der Waals surface area contributed by atoms with Crippen molar-refractivity contribution in [2.75, 3.05) is 26.4 Å². The molecule has 0 aliphatic heterocycles. The molecular weight excluding hydrogens is 911 g/mol. The van der Waals surface area contributed by atoms with E-state index in [1.165, 1.54) is 89.9 Å². The number of carbonyl (C=O) groups is 2. The van der Waals surface area contributed by atoms with E-state index in [2.05, 4.69) is 66.3 Å². The van der Waals surface area contributed by atoms with Gasteiger partial charge in [-0.05, 0) is 50.9 Å². The van der Waals surface area contributed by atoms with Gasteiger partial charge in [0.15, 0.2) is 6.10 Å². The van der Waals surface area contributed by atoms with E-state index < -0.39 is 72.3 Å². The molecule has 394 valence electrons. The van der Waals surface area contributed by atoms with Gasteiger partial charge in [-0.2, -0.15) is 0 Å². The van der Waals surface area contributed by atoms with Crippen LogP contribution >= 0.6 is 15.6 Å². The summed E-state index contributed by atoms with van der Waals surface area (Å²) in [6.07, 6.45) is 47.8. The number of esters is 2. The third-order valence-electron chi connectivity index (χ3n) is 10.6. The molecule has 0 radical (unpaired) electrons. The summed E-state index contributed by atoms with van der Waals surface area (Å²) >= 11 is 0. The number of hydrogen-bond donors (Lipinski definition) is 5. The molecule has 0 heterocycles. The molecule has 68 heavy (non-hydrogen) atoms. The summed E-state index contributed by atoms with van der Waals surface area (Å²) in [6, 6.07) is 0. The molecule has 0 rings (SSSR count). The first-order valence-corrected chi connectivity index (χ1v) is 28.6. The molecule has 0 saturated heterocycles. The van der Waals surface area contributed by atoms with Gasteiger partial charge < -0.3 is 34.4 Å². The lowest BCUT2D eigenvalue weighted by molar-refractivity contribution is -0.161. The number of hydrogen-bond acceptors (Lipinski definition) is 11. The Labute approximate surface area is 410 Å². The third kappa shape index (κ3) is 49.9. The van der Waals surface area contributed by atoms with E-state index in [9.17, 15) is 33.8 Å². The van der Waals surface area contributed by atoms with Gasteiger partial charge in [-0.3, -0.25) is 23.2 Å². The number of ether oxygens (including phenoxy) is 2. The highest BCUT2D eigenvalue weighted by atomic mass is 31.2. The Bertz CT molecular complexity index is 1500. The van der Waals surface area contributed by atoms with Crippen LogP contribution in [0.15, 0.2) is 72.9 Å². The van der Waals surface area contributed by atoms with Gasteiger partial charge in [0.25, 0.3) is 0 Å².